The van der Waals surface area contributed by atoms with E-state index >= 15 is 0 Å². The van der Waals surface area contributed by atoms with Crippen molar-refractivity contribution in [3.63, 3.8) is 0 Å². The Morgan fingerprint density at radius 1 is 0.909 bits per heavy atom. The average molecular weight is 309 g/mol. The molecule has 4 nitrogen and oxygen atoms in total. The smallest absolute Gasteiger partial charge is 0.387 e. The summed E-state index contributed by atoms with van der Waals surface area (Å²) in [6, 6.07) is 13.6. The molecule has 2 aromatic rings. The number of hydrogen-bond donors (Lipinski definition) is 1. The van der Waals surface area contributed by atoms with Gasteiger partial charge in [-0.05, 0) is 48.5 Å². The number of ether oxygens (including phenoxy) is 3. The van der Waals surface area contributed by atoms with Crippen LogP contribution in [0.25, 0.3) is 0 Å². The molecular formula is C16H17F2NO3. The van der Waals surface area contributed by atoms with Crippen LogP contribution in [0, 0.1) is 0 Å². The summed E-state index contributed by atoms with van der Waals surface area (Å²) in [5, 5.41) is 3.13. The van der Waals surface area contributed by atoms with E-state index in [1.54, 1.807) is 19.2 Å². The molecule has 1 N–H and O–H groups in total. The molecule has 0 fully saturated rings. The molecule has 0 bridgehead atoms. The van der Waals surface area contributed by atoms with E-state index < -0.39 is 6.61 Å². The maximum absolute atomic E-state index is 12.0. The number of benzene rings is 2. The van der Waals surface area contributed by atoms with E-state index in [4.69, 9.17) is 9.47 Å². The maximum atomic E-state index is 12.0. The first kappa shape index (κ1) is 15.9. The van der Waals surface area contributed by atoms with Gasteiger partial charge in [0.1, 0.15) is 23.9 Å². The zero-order valence-electron chi connectivity index (χ0n) is 12.1. The number of anilines is 1. The molecule has 2 aromatic carbocycles. The number of rotatable bonds is 8. The van der Waals surface area contributed by atoms with Crippen LogP contribution in [0.4, 0.5) is 14.5 Å². The van der Waals surface area contributed by atoms with Gasteiger partial charge >= 0.3 is 6.61 Å². The van der Waals surface area contributed by atoms with Gasteiger partial charge in [-0.1, -0.05) is 0 Å². The summed E-state index contributed by atoms with van der Waals surface area (Å²) in [5.74, 6) is 1.66. The second kappa shape index (κ2) is 8.07. The number of halogens is 2. The molecule has 0 saturated carbocycles. The highest BCUT2D eigenvalue weighted by molar-refractivity contribution is 5.46. The van der Waals surface area contributed by atoms with Crippen molar-refractivity contribution >= 4 is 5.69 Å². The minimum atomic E-state index is -2.81. The van der Waals surface area contributed by atoms with Gasteiger partial charge in [0.05, 0.1) is 7.11 Å². The van der Waals surface area contributed by atoms with Crippen molar-refractivity contribution in [2.75, 3.05) is 25.6 Å². The van der Waals surface area contributed by atoms with Gasteiger partial charge in [-0.2, -0.15) is 8.78 Å². The second-order valence-corrected chi connectivity index (χ2v) is 4.35. The lowest BCUT2D eigenvalue weighted by Gasteiger charge is -2.10. The van der Waals surface area contributed by atoms with E-state index in [1.807, 2.05) is 24.3 Å². The first-order valence-corrected chi connectivity index (χ1v) is 6.73. The van der Waals surface area contributed by atoms with Crippen LogP contribution >= 0.6 is 0 Å². The summed E-state index contributed by atoms with van der Waals surface area (Å²) in [6.07, 6.45) is 0. The Morgan fingerprint density at radius 2 is 1.50 bits per heavy atom. The summed E-state index contributed by atoms with van der Waals surface area (Å²) in [6.45, 7) is -1.75. The van der Waals surface area contributed by atoms with Crippen LogP contribution in [0.1, 0.15) is 0 Å². The van der Waals surface area contributed by atoms with Crippen LogP contribution in [0.2, 0.25) is 0 Å². The van der Waals surface area contributed by atoms with E-state index in [1.165, 1.54) is 12.1 Å². The molecule has 0 amide bonds. The van der Waals surface area contributed by atoms with Crippen LogP contribution in [0.5, 0.6) is 17.2 Å². The molecule has 0 unspecified atom stereocenters. The van der Waals surface area contributed by atoms with Gasteiger partial charge in [0.2, 0.25) is 0 Å². The normalized spacial score (nSPS) is 10.4. The molecule has 0 spiro atoms. The minimum absolute atomic E-state index is 0.134. The van der Waals surface area contributed by atoms with E-state index in [0.717, 1.165) is 17.2 Å². The van der Waals surface area contributed by atoms with E-state index in [0.29, 0.717) is 13.2 Å². The molecule has 0 aromatic heterocycles. The monoisotopic (exact) mass is 309 g/mol. The number of alkyl halides is 2. The SMILES string of the molecule is COc1ccc(OCCNc2ccc(OC(F)F)cc2)cc1. The van der Waals surface area contributed by atoms with Crippen molar-refractivity contribution in [3.05, 3.63) is 48.5 Å². The van der Waals surface area contributed by atoms with E-state index in [-0.39, 0.29) is 5.75 Å². The summed E-state index contributed by atoms with van der Waals surface area (Å²) in [5.41, 5.74) is 0.806. The molecule has 0 aliphatic rings. The first-order chi connectivity index (χ1) is 10.7. The highest BCUT2D eigenvalue weighted by atomic mass is 19.3. The van der Waals surface area contributed by atoms with E-state index in [9.17, 15) is 8.78 Å². The lowest BCUT2D eigenvalue weighted by Crippen LogP contribution is -2.11. The fraction of sp³-hybridized carbons (Fsp3) is 0.250. The van der Waals surface area contributed by atoms with Crippen molar-refractivity contribution in [1.29, 1.82) is 0 Å². The Balaban J connectivity index is 1.71. The lowest BCUT2D eigenvalue weighted by atomic mass is 10.3. The van der Waals surface area contributed by atoms with Gasteiger partial charge in [-0.25, -0.2) is 0 Å². The first-order valence-electron chi connectivity index (χ1n) is 6.73. The maximum Gasteiger partial charge on any atom is 0.387 e. The lowest BCUT2D eigenvalue weighted by molar-refractivity contribution is -0.0498. The fourth-order valence-corrected chi connectivity index (χ4v) is 1.79. The molecule has 6 heteroatoms. The third-order valence-corrected chi connectivity index (χ3v) is 2.84. The summed E-state index contributed by atoms with van der Waals surface area (Å²) in [7, 11) is 1.61. The molecule has 0 aliphatic heterocycles. The van der Waals surface area contributed by atoms with Gasteiger partial charge in [-0.15, -0.1) is 0 Å². The Labute approximate surface area is 127 Å². The highest BCUT2D eigenvalue weighted by Gasteiger charge is 2.03. The van der Waals surface area contributed by atoms with Gasteiger partial charge in [0.15, 0.2) is 0 Å². The molecule has 0 aliphatic carbocycles. The van der Waals surface area contributed by atoms with Gasteiger partial charge in [-0.3, -0.25) is 0 Å². The minimum Gasteiger partial charge on any atom is -0.497 e. The number of nitrogens with one attached hydrogen (secondary N) is 1. The average Bonchev–Trinajstić information content (AvgIpc) is 2.53. The molecule has 0 atom stereocenters. The molecule has 118 valence electrons. The molecule has 2 rings (SSSR count). The Hall–Kier alpha value is -2.50. The molecular weight excluding hydrogens is 292 g/mol. The predicted octanol–water partition coefficient (Wildman–Crippen LogP) is 3.79. The van der Waals surface area contributed by atoms with Gasteiger partial charge in [0, 0.05) is 12.2 Å². The topological polar surface area (TPSA) is 39.7 Å². The van der Waals surface area contributed by atoms with Crippen LogP contribution in [-0.2, 0) is 0 Å². The molecule has 22 heavy (non-hydrogen) atoms. The standard InChI is InChI=1S/C16H17F2NO3/c1-20-13-6-8-14(9-7-13)21-11-10-19-12-2-4-15(5-3-12)22-16(17)18/h2-9,16,19H,10-11H2,1H3. The van der Waals surface area contributed by atoms with Crippen molar-refractivity contribution < 1.29 is 23.0 Å². The van der Waals surface area contributed by atoms with Crippen molar-refractivity contribution in [2.45, 2.75) is 6.61 Å². The Kier molecular flexibility index (Phi) is 5.82. The van der Waals surface area contributed by atoms with Crippen LogP contribution in [0.3, 0.4) is 0 Å². The molecule has 0 saturated heterocycles. The van der Waals surface area contributed by atoms with E-state index in [2.05, 4.69) is 10.1 Å². The summed E-state index contributed by atoms with van der Waals surface area (Å²) in [4.78, 5) is 0. The number of hydrogen-bond acceptors (Lipinski definition) is 4. The third kappa shape index (κ3) is 5.12. The zero-order valence-corrected chi connectivity index (χ0v) is 12.1. The Bertz CT molecular complexity index is 559. The van der Waals surface area contributed by atoms with Gasteiger partial charge in [0.25, 0.3) is 0 Å². The van der Waals surface area contributed by atoms with Gasteiger partial charge < -0.3 is 19.5 Å². The molecule has 0 heterocycles. The largest absolute Gasteiger partial charge is 0.497 e. The third-order valence-electron chi connectivity index (χ3n) is 2.84. The van der Waals surface area contributed by atoms with Crippen LogP contribution in [0.15, 0.2) is 48.5 Å². The summed E-state index contributed by atoms with van der Waals surface area (Å²) >= 11 is 0. The van der Waals surface area contributed by atoms with Crippen molar-refractivity contribution in [2.24, 2.45) is 0 Å². The van der Waals surface area contributed by atoms with Crippen LogP contribution in [-0.4, -0.2) is 26.9 Å². The van der Waals surface area contributed by atoms with Crippen molar-refractivity contribution in [1.82, 2.24) is 0 Å². The fourth-order valence-electron chi connectivity index (χ4n) is 1.79. The summed E-state index contributed by atoms with van der Waals surface area (Å²) < 4.78 is 38.9. The predicted molar refractivity (Wildman–Crippen MR) is 80.1 cm³/mol. The zero-order chi connectivity index (χ0) is 15.8. The number of methoxy groups -OCH3 is 1. The van der Waals surface area contributed by atoms with Crippen molar-refractivity contribution in [3.8, 4) is 17.2 Å². The highest BCUT2D eigenvalue weighted by Crippen LogP contribution is 2.18. The molecule has 0 radical (unpaired) electrons. The quantitative estimate of drug-likeness (QED) is 0.753. The second-order valence-electron chi connectivity index (χ2n) is 4.35. The Morgan fingerprint density at radius 3 is 2.09 bits per heavy atom. The van der Waals surface area contributed by atoms with Crippen LogP contribution < -0.4 is 19.5 Å².